The highest BCUT2D eigenvalue weighted by Crippen LogP contribution is 2.22. The van der Waals surface area contributed by atoms with E-state index in [1.807, 2.05) is 24.5 Å². The number of aryl methyl sites for hydroxylation is 2. The van der Waals surface area contributed by atoms with Crippen LogP contribution >= 0.6 is 0 Å². The second kappa shape index (κ2) is 5.25. The third-order valence-electron chi connectivity index (χ3n) is 3.26. The normalized spacial score (nSPS) is 10.5. The molecule has 0 N–H and O–H groups in total. The van der Waals surface area contributed by atoms with Crippen LogP contribution in [0.15, 0.2) is 60.9 Å². The summed E-state index contributed by atoms with van der Waals surface area (Å²) in [6.07, 6.45) is 3.63. The molecule has 0 unspecified atom stereocenters. The van der Waals surface area contributed by atoms with Gasteiger partial charge in [0.1, 0.15) is 0 Å². The van der Waals surface area contributed by atoms with Gasteiger partial charge in [-0.05, 0) is 26.0 Å². The highest BCUT2D eigenvalue weighted by molar-refractivity contribution is 5.65. The van der Waals surface area contributed by atoms with Crippen LogP contribution in [-0.4, -0.2) is 9.97 Å². The van der Waals surface area contributed by atoms with E-state index in [2.05, 4.69) is 55.2 Å². The third-order valence-corrected chi connectivity index (χ3v) is 3.26. The number of benzene rings is 2. The Labute approximate surface area is 119 Å². The summed E-state index contributed by atoms with van der Waals surface area (Å²) >= 11 is 0. The van der Waals surface area contributed by atoms with Gasteiger partial charge < -0.3 is 0 Å². The summed E-state index contributed by atoms with van der Waals surface area (Å²) in [5.41, 5.74) is 6.48. The fourth-order valence-corrected chi connectivity index (χ4v) is 2.25. The molecular weight excluding hydrogens is 244 g/mol. The van der Waals surface area contributed by atoms with Crippen molar-refractivity contribution in [3.8, 4) is 22.5 Å². The van der Waals surface area contributed by atoms with Crippen LogP contribution in [0, 0.1) is 13.8 Å². The highest BCUT2D eigenvalue weighted by atomic mass is 14.8. The Bertz CT molecular complexity index is 687. The van der Waals surface area contributed by atoms with Crippen molar-refractivity contribution in [1.29, 1.82) is 0 Å². The van der Waals surface area contributed by atoms with Crippen LogP contribution in [0.25, 0.3) is 22.5 Å². The third kappa shape index (κ3) is 2.59. The fraction of sp³-hybridized carbons (Fsp3) is 0.111. The molecule has 2 nitrogen and oxygen atoms in total. The van der Waals surface area contributed by atoms with E-state index in [-0.39, 0.29) is 0 Å². The van der Waals surface area contributed by atoms with E-state index < -0.39 is 0 Å². The lowest BCUT2D eigenvalue weighted by Gasteiger charge is -2.06. The lowest BCUT2D eigenvalue weighted by molar-refractivity contribution is 1.20. The van der Waals surface area contributed by atoms with Crippen molar-refractivity contribution in [2.75, 3.05) is 0 Å². The van der Waals surface area contributed by atoms with Crippen LogP contribution in [0.1, 0.15) is 11.1 Å². The first-order valence-electron chi connectivity index (χ1n) is 6.68. The predicted octanol–water partition coefficient (Wildman–Crippen LogP) is 4.43. The number of hydrogen-bond donors (Lipinski definition) is 0. The molecule has 0 amide bonds. The number of rotatable bonds is 2. The van der Waals surface area contributed by atoms with Gasteiger partial charge in [-0.15, -0.1) is 0 Å². The molecule has 0 spiro atoms. The van der Waals surface area contributed by atoms with Crippen LogP contribution in [0.4, 0.5) is 0 Å². The molecule has 98 valence electrons. The first-order valence-corrected chi connectivity index (χ1v) is 6.68. The second-order valence-electron chi connectivity index (χ2n) is 5.03. The zero-order valence-corrected chi connectivity index (χ0v) is 11.7. The number of nitrogens with zero attached hydrogens (tertiary/aromatic N) is 2. The van der Waals surface area contributed by atoms with Crippen molar-refractivity contribution < 1.29 is 0 Å². The standard InChI is InChI=1S/C18H16N2/c1-13-5-3-7-15(9-13)17-11-19-12-18(20-17)16-8-4-6-14(2)10-16/h3-12H,1-2H3. The van der Waals surface area contributed by atoms with E-state index in [4.69, 9.17) is 4.98 Å². The van der Waals surface area contributed by atoms with Crippen molar-refractivity contribution in [2.45, 2.75) is 13.8 Å². The van der Waals surface area contributed by atoms with Crippen molar-refractivity contribution in [3.63, 3.8) is 0 Å². The Morgan fingerprint density at radius 2 is 1.20 bits per heavy atom. The molecule has 1 aromatic heterocycles. The molecule has 0 atom stereocenters. The summed E-state index contributed by atoms with van der Waals surface area (Å²) in [6, 6.07) is 16.7. The quantitative estimate of drug-likeness (QED) is 0.681. The van der Waals surface area contributed by atoms with Gasteiger partial charge >= 0.3 is 0 Å². The van der Waals surface area contributed by atoms with Gasteiger partial charge in [-0.3, -0.25) is 4.98 Å². The Morgan fingerprint density at radius 3 is 1.65 bits per heavy atom. The van der Waals surface area contributed by atoms with Gasteiger partial charge in [0.05, 0.1) is 23.8 Å². The summed E-state index contributed by atoms with van der Waals surface area (Å²) in [5.74, 6) is 0. The molecule has 0 radical (unpaired) electrons. The first-order chi connectivity index (χ1) is 9.72. The average molecular weight is 260 g/mol. The molecule has 3 rings (SSSR count). The smallest absolute Gasteiger partial charge is 0.0892 e. The van der Waals surface area contributed by atoms with Gasteiger partial charge in [-0.25, -0.2) is 4.98 Å². The molecular formula is C18H16N2. The largest absolute Gasteiger partial charge is 0.260 e. The minimum Gasteiger partial charge on any atom is -0.260 e. The van der Waals surface area contributed by atoms with Gasteiger partial charge in [-0.2, -0.15) is 0 Å². The number of hydrogen-bond acceptors (Lipinski definition) is 2. The van der Waals surface area contributed by atoms with Crippen LogP contribution < -0.4 is 0 Å². The SMILES string of the molecule is Cc1cccc(-c2cncc(-c3cccc(C)c3)n2)c1. The van der Waals surface area contributed by atoms with Crippen LogP contribution in [0.5, 0.6) is 0 Å². The summed E-state index contributed by atoms with van der Waals surface area (Å²) in [6.45, 7) is 4.17. The highest BCUT2D eigenvalue weighted by Gasteiger charge is 2.04. The molecule has 0 saturated carbocycles. The maximum absolute atomic E-state index is 4.73. The lowest BCUT2D eigenvalue weighted by Crippen LogP contribution is -1.90. The van der Waals surface area contributed by atoms with Crippen LogP contribution in [0.3, 0.4) is 0 Å². The van der Waals surface area contributed by atoms with Crippen molar-refractivity contribution in [3.05, 3.63) is 72.1 Å². The fourth-order valence-electron chi connectivity index (χ4n) is 2.25. The molecule has 0 bridgehead atoms. The zero-order valence-electron chi connectivity index (χ0n) is 11.7. The molecule has 0 fully saturated rings. The Hall–Kier alpha value is -2.48. The van der Waals surface area contributed by atoms with Crippen LogP contribution in [0.2, 0.25) is 0 Å². The molecule has 0 saturated heterocycles. The maximum atomic E-state index is 4.73. The molecule has 1 heterocycles. The van der Waals surface area contributed by atoms with Gasteiger partial charge in [0, 0.05) is 11.1 Å². The minimum atomic E-state index is 0.910. The summed E-state index contributed by atoms with van der Waals surface area (Å²) < 4.78 is 0. The van der Waals surface area contributed by atoms with E-state index in [0.717, 1.165) is 22.5 Å². The summed E-state index contributed by atoms with van der Waals surface area (Å²) in [5, 5.41) is 0. The first kappa shape index (κ1) is 12.5. The van der Waals surface area contributed by atoms with E-state index in [9.17, 15) is 0 Å². The van der Waals surface area contributed by atoms with Gasteiger partial charge in [-0.1, -0.05) is 47.5 Å². The topological polar surface area (TPSA) is 25.8 Å². The minimum absolute atomic E-state index is 0.910. The Morgan fingerprint density at radius 1 is 0.700 bits per heavy atom. The van der Waals surface area contributed by atoms with E-state index in [1.54, 1.807) is 0 Å². The number of aromatic nitrogens is 2. The molecule has 0 aliphatic carbocycles. The summed E-state index contributed by atoms with van der Waals surface area (Å²) in [7, 11) is 0. The molecule has 3 aromatic rings. The molecule has 2 aromatic carbocycles. The molecule has 20 heavy (non-hydrogen) atoms. The Kier molecular flexibility index (Phi) is 3.30. The zero-order chi connectivity index (χ0) is 13.9. The lowest BCUT2D eigenvalue weighted by atomic mass is 10.1. The van der Waals surface area contributed by atoms with Gasteiger partial charge in [0.15, 0.2) is 0 Å². The van der Waals surface area contributed by atoms with Crippen molar-refractivity contribution in [1.82, 2.24) is 9.97 Å². The van der Waals surface area contributed by atoms with Crippen LogP contribution in [-0.2, 0) is 0 Å². The average Bonchev–Trinajstić information content (AvgIpc) is 2.47. The van der Waals surface area contributed by atoms with E-state index in [1.165, 1.54) is 11.1 Å². The molecule has 0 aliphatic heterocycles. The van der Waals surface area contributed by atoms with Gasteiger partial charge in [0.2, 0.25) is 0 Å². The molecule has 0 aliphatic rings. The summed E-state index contributed by atoms with van der Waals surface area (Å²) in [4.78, 5) is 9.07. The van der Waals surface area contributed by atoms with E-state index in [0.29, 0.717) is 0 Å². The second-order valence-corrected chi connectivity index (χ2v) is 5.03. The van der Waals surface area contributed by atoms with Gasteiger partial charge in [0.25, 0.3) is 0 Å². The molecule has 2 heteroatoms. The monoisotopic (exact) mass is 260 g/mol. The Balaban J connectivity index is 2.06. The maximum Gasteiger partial charge on any atom is 0.0892 e. The van der Waals surface area contributed by atoms with Crippen molar-refractivity contribution in [2.24, 2.45) is 0 Å². The predicted molar refractivity (Wildman–Crippen MR) is 82.4 cm³/mol. The van der Waals surface area contributed by atoms with E-state index >= 15 is 0 Å². The van der Waals surface area contributed by atoms with Crippen molar-refractivity contribution >= 4 is 0 Å².